The predicted molar refractivity (Wildman–Crippen MR) is 116 cm³/mol. The van der Waals surface area contributed by atoms with Gasteiger partial charge in [0.2, 0.25) is 14.2 Å². The van der Waals surface area contributed by atoms with Gasteiger partial charge in [-0.2, -0.15) is 13.5 Å². The zero-order valence-corrected chi connectivity index (χ0v) is 20.1. The average molecular weight is 472 g/mol. The summed E-state index contributed by atoms with van der Waals surface area (Å²) in [5.74, 6) is 0.281. The smallest absolute Gasteiger partial charge is 0.418 e. The molecule has 31 heavy (non-hydrogen) atoms. The summed E-state index contributed by atoms with van der Waals surface area (Å²) in [6, 6.07) is 5.04. The fourth-order valence-corrected chi connectivity index (χ4v) is 4.83. The lowest BCUT2D eigenvalue weighted by Gasteiger charge is -2.36. The predicted octanol–water partition coefficient (Wildman–Crippen LogP) is 3.01. The number of nitrogens with zero attached hydrogens (tertiary/aromatic N) is 2. The van der Waals surface area contributed by atoms with E-state index in [-0.39, 0.29) is 17.5 Å². The molecular weight excluding hydrogens is 442 g/mol. The maximum Gasteiger partial charge on any atom is 0.418 e. The van der Waals surface area contributed by atoms with Gasteiger partial charge in [0.25, 0.3) is 0 Å². The van der Waals surface area contributed by atoms with Crippen LogP contribution in [0.15, 0.2) is 24.3 Å². The highest BCUT2D eigenvalue weighted by Crippen LogP contribution is 2.38. The van der Waals surface area contributed by atoms with Crippen LogP contribution in [0, 0.1) is 0 Å². The number of carbonyl (C=O) groups excluding carboxylic acids is 2. The zero-order chi connectivity index (χ0) is 23.2. The molecule has 2 bridgehead atoms. The molecule has 172 valence electrons. The van der Waals surface area contributed by atoms with Gasteiger partial charge in [-0.1, -0.05) is 26.8 Å². The Bertz CT molecular complexity index is 977. The third kappa shape index (κ3) is 5.19. The first kappa shape index (κ1) is 23.5. The molecule has 3 rings (SSSR count). The highest BCUT2D eigenvalue weighted by Gasteiger charge is 2.49. The molecule has 0 radical (unpaired) electrons. The Labute approximate surface area is 183 Å². The summed E-state index contributed by atoms with van der Waals surface area (Å²) >= 11 is 0. The molecule has 0 saturated carbocycles. The van der Waals surface area contributed by atoms with Gasteiger partial charge in [0.15, 0.2) is 0 Å². The standard InChI is InChI=1S/C19H29N3O7SSi/c1-19(2,3)31(4,5)28-15-8-6-7-13(11-15)20-17(23)16-10-9-14-12-21(16)18(24)22(14)29-30(25,26)27/h6-8,11,14,16H,9-10,12H2,1-5H3,(H,20,23)(H,25,26,27)/t14-,16+/m1/s1. The van der Waals surface area contributed by atoms with Crippen molar-refractivity contribution in [1.82, 2.24) is 9.96 Å². The number of benzene rings is 1. The summed E-state index contributed by atoms with van der Waals surface area (Å²) in [5.41, 5.74) is 0.543. The molecule has 1 aromatic carbocycles. The summed E-state index contributed by atoms with van der Waals surface area (Å²) < 4.78 is 41.6. The molecule has 2 aliphatic heterocycles. The third-order valence-electron chi connectivity index (χ3n) is 6.08. The van der Waals surface area contributed by atoms with Gasteiger partial charge in [-0.25, -0.2) is 4.79 Å². The lowest BCUT2D eigenvalue weighted by molar-refractivity contribution is -0.120. The number of urea groups is 1. The van der Waals surface area contributed by atoms with Crippen molar-refractivity contribution in [2.75, 3.05) is 11.9 Å². The number of hydrogen-bond acceptors (Lipinski definition) is 6. The lowest BCUT2D eigenvalue weighted by Crippen LogP contribution is -2.47. The molecular formula is C19H29N3O7SSi. The molecule has 2 atom stereocenters. The molecule has 2 fully saturated rings. The van der Waals surface area contributed by atoms with Crippen LogP contribution in [-0.2, 0) is 19.5 Å². The van der Waals surface area contributed by atoms with Crippen LogP contribution in [0.4, 0.5) is 10.5 Å². The minimum absolute atomic E-state index is 0.0248. The Hall–Kier alpha value is -2.15. The third-order valence-corrected chi connectivity index (χ3v) is 10.8. The minimum atomic E-state index is -4.83. The second-order valence-electron chi connectivity index (χ2n) is 9.39. The summed E-state index contributed by atoms with van der Waals surface area (Å²) in [6.45, 7) is 10.8. The van der Waals surface area contributed by atoms with Crippen molar-refractivity contribution >= 4 is 36.3 Å². The van der Waals surface area contributed by atoms with E-state index in [0.29, 0.717) is 29.3 Å². The molecule has 0 spiro atoms. The van der Waals surface area contributed by atoms with E-state index in [1.54, 1.807) is 18.2 Å². The van der Waals surface area contributed by atoms with E-state index in [4.69, 9.17) is 8.98 Å². The van der Waals surface area contributed by atoms with Gasteiger partial charge in [-0.15, -0.1) is 4.28 Å². The van der Waals surface area contributed by atoms with Crippen molar-refractivity contribution in [2.24, 2.45) is 0 Å². The number of hydrogen-bond donors (Lipinski definition) is 2. The molecule has 2 aliphatic rings. The maximum atomic E-state index is 12.9. The van der Waals surface area contributed by atoms with Crippen molar-refractivity contribution < 1.29 is 31.3 Å². The monoisotopic (exact) mass is 471 g/mol. The minimum Gasteiger partial charge on any atom is -0.543 e. The largest absolute Gasteiger partial charge is 0.543 e. The number of nitrogens with one attached hydrogen (secondary N) is 1. The van der Waals surface area contributed by atoms with Crippen molar-refractivity contribution in [1.29, 1.82) is 0 Å². The molecule has 12 heteroatoms. The van der Waals surface area contributed by atoms with Crippen molar-refractivity contribution in [3.8, 4) is 5.75 Å². The lowest BCUT2D eigenvalue weighted by atomic mass is 10.0. The van der Waals surface area contributed by atoms with Crippen LogP contribution in [0.2, 0.25) is 18.1 Å². The highest BCUT2D eigenvalue weighted by molar-refractivity contribution is 7.80. The highest BCUT2D eigenvalue weighted by atomic mass is 32.3. The SMILES string of the molecule is CC(C)(C)[Si](C)(C)Oc1cccc(NC(=O)[C@@H]2CC[C@@H]3CN2C(=O)N3OS(=O)(=O)O)c1. The fourth-order valence-electron chi connectivity index (χ4n) is 3.41. The van der Waals surface area contributed by atoms with E-state index >= 15 is 0 Å². The second kappa shape index (κ2) is 8.08. The molecule has 3 amide bonds. The van der Waals surface area contributed by atoms with E-state index in [1.165, 1.54) is 4.90 Å². The molecule has 0 unspecified atom stereocenters. The second-order valence-corrected chi connectivity index (χ2v) is 15.1. The molecule has 2 N–H and O–H groups in total. The number of hydroxylamine groups is 2. The van der Waals surface area contributed by atoms with Crippen LogP contribution in [0.5, 0.6) is 5.75 Å². The van der Waals surface area contributed by atoms with E-state index in [2.05, 4.69) is 43.5 Å². The van der Waals surface area contributed by atoms with Gasteiger partial charge in [-0.05, 0) is 43.1 Å². The number of rotatable bonds is 6. The van der Waals surface area contributed by atoms with Crippen molar-refractivity contribution in [3.63, 3.8) is 0 Å². The van der Waals surface area contributed by atoms with Crippen LogP contribution in [0.1, 0.15) is 33.6 Å². The van der Waals surface area contributed by atoms with Gasteiger partial charge in [0.05, 0.1) is 6.04 Å². The quantitative estimate of drug-likeness (QED) is 0.482. The van der Waals surface area contributed by atoms with Crippen LogP contribution in [-0.4, -0.2) is 61.8 Å². The Balaban J connectivity index is 1.70. The molecule has 2 heterocycles. The van der Waals surface area contributed by atoms with Gasteiger partial charge in [0, 0.05) is 18.3 Å². The van der Waals surface area contributed by atoms with Crippen molar-refractivity contribution in [2.45, 2.75) is 63.8 Å². The topological polar surface area (TPSA) is 125 Å². The van der Waals surface area contributed by atoms with Gasteiger partial charge in [-0.3, -0.25) is 9.35 Å². The fraction of sp³-hybridized carbons (Fsp3) is 0.579. The first-order valence-corrected chi connectivity index (χ1v) is 14.3. The Kier molecular flexibility index (Phi) is 6.13. The van der Waals surface area contributed by atoms with Crippen LogP contribution < -0.4 is 9.74 Å². The number of fused-ring (bicyclic) bond motifs is 2. The van der Waals surface area contributed by atoms with E-state index in [9.17, 15) is 18.0 Å². The summed E-state index contributed by atoms with van der Waals surface area (Å²) in [7, 11) is -6.87. The van der Waals surface area contributed by atoms with E-state index < -0.39 is 36.8 Å². The molecule has 10 nitrogen and oxygen atoms in total. The van der Waals surface area contributed by atoms with Crippen LogP contribution in [0.3, 0.4) is 0 Å². The average Bonchev–Trinajstić information content (AvgIpc) is 2.84. The zero-order valence-electron chi connectivity index (χ0n) is 18.3. The maximum absolute atomic E-state index is 12.9. The van der Waals surface area contributed by atoms with E-state index in [0.717, 1.165) is 0 Å². The van der Waals surface area contributed by atoms with Crippen LogP contribution >= 0.6 is 0 Å². The molecule has 1 aromatic rings. The van der Waals surface area contributed by atoms with Gasteiger partial charge >= 0.3 is 16.4 Å². The number of amides is 3. The first-order valence-electron chi connectivity index (χ1n) is 10.0. The normalized spacial score (nSPS) is 21.9. The van der Waals surface area contributed by atoms with Crippen molar-refractivity contribution in [3.05, 3.63) is 24.3 Å². The Morgan fingerprint density at radius 2 is 1.94 bits per heavy atom. The van der Waals surface area contributed by atoms with Crippen LogP contribution in [0.25, 0.3) is 0 Å². The Morgan fingerprint density at radius 1 is 1.26 bits per heavy atom. The Morgan fingerprint density at radius 3 is 2.55 bits per heavy atom. The van der Waals surface area contributed by atoms with Gasteiger partial charge < -0.3 is 14.6 Å². The molecule has 0 aliphatic carbocycles. The summed E-state index contributed by atoms with van der Waals surface area (Å²) in [4.78, 5) is 26.6. The number of anilines is 1. The number of carbonyl (C=O) groups is 2. The summed E-state index contributed by atoms with van der Waals surface area (Å²) in [5, 5.41) is 3.46. The first-order chi connectivity index (χ1) is 14.2. The van der Waals surface area contributed by atoms with E-state index in [1.807, 2.05) is 6.07 Å². The summed E-state index contributed by atoms with van der Waals surface area (Å²) in [6.07, 6.45) is 0.706. The van der Waals surface area contributed by atoms with Gasteiger partial charge in [0.1, 0.15) is 11.8 Å². The molecule has 0 aromatic heterocycles. The molecule has 2 saturated heterocycles. The number of piperidine rings is 1.